The van der Waals surface area contributed by atoms with Crippen molar-refractivity contribution < 1.29 is 13.2 Å². The highest BCUT2D eigenvalue weighted by Gasteiger charge is 2.19. The topological polar surface area (TPSA) is 130 Å². The molecule has 2 aromatic heterocycles. The third kappa shape index (κ3) is 7.43. The number of anilines is 2. The second-order valence-corrected chi connectivity index (χ2v) is 11.9. The van der Waals surface area contributed by atoms with E-state index in [9.17, 15) is 8.42 Å². The Morgan fingerprint density at radius 2 is 2.02 bits per heavy atom. The number of aliphatic imine (C=N–C) groups is 1. The van der Waals surface area contributed by atoms with E-state index in [0.717, 1.165) is 36.9 Å². The molecule has 1 aliphatic heterocycles. The van der Waals surface area contributed by atoms with Crippen LogP contribution >= 0.6 is 0 Å². The van der Waals surface area contributed by atoms with E-state index in [1.807, 2.05) is 50.2 Å². The molecule has 0 saturated carbocycles. The van der Waals surface area contributed by atoms with Gasteiger partial charge in [0.2, 0.25) is 21.9 Å². The summed E-state index contributed by atoms with van der Waals surface area (Å²) in [7, 11) is -3.77. The van der Waals surface area contributed by atoms with Crippen molar-refractivity contribution in [2.75, 3.05) is 28.9 Å². The van der Waals surface area contributed by atoms with Crippen LogP contribution in [0.1, 0.15) is 25.3 Å². The summed E-state index contributed by atoms with van der Waals surface area (Å²) in [5, 5.41) is 8.24. The summed E-state index contributed by atoms with van der Waals surface area (Å²) in [5.41, 5.74) is 3.02. The van der Waals surface area contributed by atoms with Crippen LogP contribution in [0.2, 0.25) is 0 Å². The Morgan fingerprint density at radius 1 is 1.14 bits per heavy atom. The zero-order valence-electron chi connectivity index (χ0n) is 24.2. The van der Waals surface area contributed by atoms with E-state index in [0.29, 0.717) is 45.6 Å². The summed E-state index contributed by atoms with van der Waals surface area (Å²) in [4.78, 5) is 17.6. The monoisotopic (exact) mass is 597 g/mol. The van der Waals surface area contributed by atoms with Crippen molar-refractivity contribution in [2.24, 2.45) is 4.99 Å². The molecule has 1 saturated heterocycles. The summed E-state index contributed by atoms with van der Waals surface area (Å²) in [6.45, 7) is 9.17. The van der Waals surface area contributed by atoms with E-state index in [-0.39, 0.29) is 11.8 Å². The van der Waals surface area contributed by atoms with E-state index in [4.69, 9.17) is 9.72 Å². The van der Waals surface area contributed by atoms with E-state index < -0.39 is 10.0 Å². The maximum Gasteiger partial charge on any atom is 0.238 e. The van der Waals surface area contributed by atoms with Crippen molar-refractivity contribution in [1.29, 1.82) is 0 Å². The van der Waals surface area contributed by atoms with Crippen LogP contribution in [0.5, 0.6) is 11.6 Å². The lowest BCUT2D eigenvalue weighted by Crippen LogP contribution is -2.38. The van der Waals surface area contributed by atoms with Gasteiger partial charge in [-0.2, -0.15) is 0 Å². The maximum atomic E-state index is 13.0. The smallest absolute Gasteiger partial charge is 0.238 e. The van der Waals surface area contributed by atoms with Gasteiger partial charge in [0.05, 0.1) is 22.6 Å². The first-order valence-electron chi connectivity index (χ1n) is 14.1. The predicted octanol–water partition coefficient (Wildman–Crippen LogP) is 5.86. The van der Waals surface area contributed by atoms with Crippen LogP contribution in [0.4, 0.5) is 11.6 Å². The van der Waals surface area contributed by atoms with Gasteiger partial charge in [-0.25, -0.2) is 23.4 Å². The molecule has 1 atom stereocenters. The average molecular weight is 598 g/mol. The van der Waals surface area contributed by atoms with E-state index in [1.165, 1.54) is 0 Å². The summed E-state index contributed by atoms with van der Waals surface area (Å²) in [5.74, 6) is 1.19. The zero-order valence-corrected chi connectivity index (χ0v) is 25.1. The summed E-state index contributed by atoms with van der Waals surface area (Å²) >= 11 is 0. The normalized spacial score (nSPS) is 15.9. The number of hydrogen-bond acceptors (Lipinski definition) is 9. The lowest BCUT2D eigenvalue weighted by atomic mass is 10.0. The fourth-order valence-corrected chi connectivity index (χ4v) is 6.08. The number of rotatable bonds is 11. The molecule has 0 amide bonds. The van der Waals surface area contributed by atoms with Gasteiger partial charge in [0.1, 0.15) is 11.5 Å². The quantitative estimate of drug-likeness (QED) is 0.145. The second kappa shape index (κ2) is 13.6. The Labute approximate surface area is 252 Å². The summed E-state index contributed by atoms with van der Waals surface area (Å²) in [6, 6.07) is 15.0. The molecule has 11 heteroatoms. The number of allylic oxidation sites excluding steroid dienone is 3. The lowest BCUT2D eigenvalue weighted by molar-refractivity contribution is 0.466. The van der Waals surface area contributed by atoms with Crippen LogP contribution in [0.25, 0.3) is 22.0 Å². The Kier molecular flexibility index (Phi) is 9.43. The number of aryl methyl sites for hydroxylation is 1. The molecule has 3 heterocycles. The van der Waals surface area contributed by atoms with E-state index in [1.54, 1.807) is 42.8 Å². The average Bonchev–Trinajstić information content (AvgIpc) is 3.01. The van der Waals surface area contributed by atoms with Gasteiger partial charge in [0, 0.05) is 35.8 Å². The predicted molar refractivity (Wildman–Crippen MR) is 173 cm³/mol. The molecule has 0 spiro atoms. The van der Waals surface area contributed by atoms with Crippen molar-refractivity contribution >= 4 is 39.1 Å². The van der Waals surface area contributed by atoms with E-state index in [2.05, 4.69) is 37.0 Å². The first-order valence-corrected chi connectivity index (χ1v) is 15.8. The first-order chi connectivity index (χ1) is 20.9. The van der Waals surface area contributed by atoms with Gasteiger partial charge in [-0.3, -0.25) is 9.71 Å². The molecule has 3 N–H and O–H groups in total. The van der Waals surface area contributed by atoms with Crippen molar-refractivity contribution in [2.45, 2.75) is 32.7 Å². The molecule has 0 bridgehead atoms. The minimum atomic E-state index is -3.77. The van der Waals surface area contributed by atoms with Crippen molar-refractivity contribution in [3.63, 3.8) is 0 Å². The Hall–Kier alpha value is -4.61. The van der Waals surface area contributed by atoms with Crippen LogP contribution in [-0.2, 0) is 10.0 Å². The van der Waals surface area contributed by atoms with Crippen LogP contribution in [0.3, 0.4) is 0 Å². The molecule has 0 unspecified atom stereocenters. The first kappa shape index (κ1) is 29.9. The molecule has 0 aliphatic carbocycles. The number of benzene rings is 2. The molecule has 10 nitrogen and oxygen atoms in total. The number of pyridine rings is 1. The van der Waals surface area contributed by atoms with Gasteiger partial charge in [0.25, 0.3) is 0 Å². The Morgan fingerprint density at radius 3 is 2.81 bits per heavy atom. The molecule has 0 radical (unpaired) electrons. The van der Waals surface area contributed by atoms with Crippen LogP contribution in [0, 0.1) is 6.92 Å². The fourth-order valence-electron chi connectivity index (χ4n) is 4.92. The number of hydrogen-bond donors (Lipinski definition) is 3. The highest BCUT2D eigenvalue weighted by Crippen LogP contribution is 2.38. The highest BCUT2D eigenvalue weighted by molar-refractivity contribution is 7.92. The zero-order chi connectivity index (χ0) is 30.2. The van der Waals surface area contributed by atoms with Gasteiger partial charge in [-0.05, 0) is 75.9 Å². The molecule has 1 aliphatic rings. The Bertz CT molecular complexity index is 1780. The lowest BCUT2D eigenvalue weighted by Gasteiger charge is -2.23. The minimum Gasteiger partial charge on any atom is -0.437 e. The van der Waals surface area contributed by atoms with E-state index >= 15 is 0 Å². The summed E-state index contributed by atoms with van der Waals surface area (Å²) < 4.78 is 35.3. The molecule has 4 aromatic rings. The van der Waals surface area contributed by atoms with Gasteiger partial charge in [-0.15, -0.1) is 0 Å². The third-order valence-electron chi connectivity index (χ3n) is 7.03. The van der Waals surface area contributed by atoms with Gasteiger partial charge in [0.15, 0.2) is 0 Å². The number of fused-ring (bicyclic) bond motifs is 1. The van der Waals surface area contributed by atoms with Crippen molar-refractivity contribution in [3.05, 3.63) is 90.4 Å². The number of sulfonamides is 1. The van der Waals surface area contributed by atoms with Crippen LogP contribution < -0.4 is 20.1 Å². The fraction of sp³-hybridized carbons (Fsp3) is 0.250. The van der Waals surface area contributed by atoms with Crippen molar-refractivity contribution in [3.8, 4) is 22.9 Å². The van der Waals surface area contributed by atoms with Crippen molar-refractivity contribution in [1.82, 2.24) is 20.3 Å². The van der Waals surface area contributed by atoms with Crippen LogP contribution in [-0.4, -0.2) is 55.0 Å². The largest absolute Gasteiger partial charge is 0.437 e. The number of aromatic nitrogens is 3. The number of nitrogens with zero attached hydrogens (tertiary/aromatic N) is 4. The molecule has 43 heavy (non-hydrogen) atoms. The molecule has 2 aromatic carbocycles. The Balaban J connectivity index is 1.45. The minimum absolute atomic E-state index is 0.266. The van der Waals surface area contributed by atoms with Crippen LogP contribution in [0.15, 0.2) is 89.8 Å². The second-order valence-electron chi connectivity index (χ2n) is 10.2. The molecule has 1 fully saturated rings. The van der Waals surface area contributed by atoms with Gasteiger partial charge in [-0.1, -0.05) is 36.4 Å². The van der Waals surface area contributed by atoms with Gasteiger partial charge >= 0.3 is 0 Å². The number of piperidine rings is 1. The highest BCUT2D eigenvalue weighted by atomic mass is 32.2. The molecular weight excluding hydrogens is 562 g/mol. The third-order valence-corrected chi connectivity index (χ3v) is 8.23. The number of nitrogens with one attached hydrogen (secondary N) is 3. The summed E-state index contributed by atoms with van der Waals surface area (Å²) in [6.07, 6.45) is 10.7. The maximum absolute atomic E-state index is 13.0. The SMILES string of the molecule is C=N/C(=C\C=C/C)CS(=O)(=O)Nc1cccc2c(Oc3ncccc3-c3ccnc(N[C@H]4CCCNC4)n3)c(C)ccc12. The molecule has 222 valence electrons. The number of ether oxygens (including phenoxy) is 1. The molecule has 5 rings (SSSR count). The molecular formula is C32H35N7O3S. The standard InChI is InChI=1S/C32H35N7O3S/c1-4-5-9-24(33-3)21-43(40,41)39-29-13-6-11-26-25(29)15-14-22(2)30(26)42-31-27(12-8-18-35-31)28-16-19-36-32(38-28)37-23-10-7-17-34-20-23/h4-6,8-9,11-16,18-19,23,34,39H,3,7,10,17,20-21H2,1-2H3,(H,36,37,38)/b5-4-,24-9-/t23-/m0/s1. The van der Waals surface area contributed by atoms with Gasteiger partial charge < -0.3 is 15.4 Å².